The van der Waals surface area contributed by atoms with Crippen molar-refractivity contribution in [3.05, 3.63) is 52.2 Å². The van der Waals surface area contributed by atoms with Crippen molar-refractivity contribution in [2.24, 2.45) is 27.3 Å². The van der Waals surface area contributed by atoms with E-state index in [0.717, 1.165) is 23.0 Å². The average Bonchev–Trinajstić information content (AvgIpc) is 3.03. The molecule has 2 atom stereocenters. The van der Waals surface area contributed by atoms with E-state index >= 15 is 0 Å². The lowest BCUT2D eigenvalue weighted by Crippen LogP contribution is -2.48. The molecule has 130 valence electrons. The van der Waals surface area contributed by atoms with Crippen molar-refractivity contribution in [1.29, 1.82) is 0 Å². The van der Waals surface area contributed by atoms with Gasteiger partial charge in [0.05, 0.1) is 11.9 Å². The van der Waals surface area contributed by atoms with Gasteiger partial charge in [0.15, 0.2) is 0 Å². The van der Waals surface area contributed by atoms with Crippen LogP contribution in [-0.4, -0.2) is 17.4 Å². The molecule has 3 aliphatic carbocycles. The second kappa shape index (κ2) is 6.41. The highest BCUT2D eigenvalue weighted by atomic mass is 32.1. The Hall–Kier alpha value is -1.94. The Morgan fingerprint density at radius 2 is 2.08 bits per heavy atom. The lowest BCUT2D eigenvalue weighted by molar-refractivity contribution is -0.00126. The minimum absolute atomic E-state index is 0.425. The van der Waals surface area contributed by atoms with E-state index in [1.54, 1.807) is 11.3 Å². The quantitative estimate of drug-likeness (QED) is 0.697. The molecular formula is C21H25N3S. The van der Waals surface area contributed by atoms with E-state index in [1.807, 2.05) is 10.7 Å². The zero-order valence-corrected chi connectivity index (χ0v) is 16.0. The lowest BCUT2D eigenvalue weighted by Gasteiger charge is -2.55. The van der Waals surface area contributed by atoms with E-state index in [1.165, 1.54) is 24.0 Å². The SMILES string of the molecule is CCN=c1scc(-c2ccccc2)n1N=CC1=CCC2CC1C2(C)C. The summed E-state index contributed by atoms with van der Waals surface area (Å²) in [5.74, 6) is 1.51. The molecule has 0 spiro atoms. The molecule has 1 heterocycles. The third-order valence-electron chi connectivity index (χ3n) is 5.88. The number of nitrogens with zero attached hydrogens (tertiary/aromatic N) is 3. The van der Waals surface area contributed by atoms with Crippen LogP contribution in [0.1, 0.15) is 33.6 Å². The van der Waals surface area contributed by atoms with Gasteiger partial charge >= 0.3 is 0 Å². The molecule has 0 aliphatic heterocycles. The first-order chi connectivity index (χ1) is 12.1. The highest BCUT2D eigenvalue weighted by Crippen LogP contribution is 2.58. The average molecular weight is 352 g/mol. The van der Waals surface area contributed by atoms with Crippen molar-refractivity contribution >= 4 is 17.6 Å². The summed E-state index contributed by atoms with van der Waals surface area (Å²) in [5, 5.41) is 7.02. The van der Waals surface area contributed by atoms with E-state index in [2.05, 4.69) is 67.7 Å². The number of fused-ring (bicyclic) bond motifs is 1. The maximum Gasteiger partial charge on any atom is 0.206 e. The van der Waals surface area contributed by atoms with Gasteiger partial charge in [-0.05, 0) is 42.6 Å². The molecule has 1 fully saturated rings. The Labute approximate surface area is 153 Å². The summed E-state index contributed by atoms with van der Waals surface area (Å²) < 4.78 is 2.00. The topological polar surface area (TPSA) is 29.6 Å². The monoisotopic (exact) mass is 351 g/mol. The van der Waals surface area contributed by atoms with Gasteiger partial charge in [0.2, 0.25) is 4.80 Å². The highest BCUT2D eigenvalue weighted by molar-refractivity contribution is 7.07. The van der Waals surface area contributed by atoms with Crippen LogP contribution in [0.15, 0.2) is 57.5 Å². The molecule has 2 unspecified atom stereocenters. The largest absolute Gasteiger partial charge is 0.258 e. The summed E-state index contributed by atoms with van der Waals surface area (Å²) >= 11 is 1.66. The van der Waals surface area contributed by atoms with Crippen molar-refractivity contribution in [1.82, 2.24) is 4.68 Å². The van der Waals surface area contributed by atoms with Crippen LogP contribution in [0.5, 0.6) is 0 Å². The maximum absolute atomic E-state index is 4.87. The molecule has 25 heavy (non-hydrogen) atoms. The predicted octanol–water partition coefficient (Wildman–Crippen LogP) is 4.96. The molecule has 0 amide bonds. The van der Waals surface area contributed by atoms with Crippen LogP contribution in [-0.2, 0) is 0 Å². The number of aromatic nitrogens is 1. The van der Waals surface area contributed by atoms with E-state index in [4.69, 9.17) is 5.10 Å². The fourth-order valence-electron chi connectivity index (χ4n) is 4.13. The second-order valence-corrected chi connectivity index (χ2v) is 8.38. The fourth-order valence-corrected chi connectivity index (χ4v) is 5.03. The molecule has 0 radical (unpaired) electrons. The predicted molar refractivity (Wildman–Crippen MR) is 106 cm³/mol. The molecule has 2 bridgehead atoms. The van der Waals surface area contributed by atoms with E-state index < -0.39 is 0 Å². The van der Waals surface area contributed by atoms with Crippen LogP contribution in [0, 0.1) is 17.3 Å². The molecule has 1 aromatic heterocycles. The molecule has 3 aliphatic rings. The summed E-state index contributed by atoms with van der Waals surface area (Å²) in [6.45, 7) is 7.64. The summed E-state index contributed by atoms with van der Waals surface area (Å²) in [6.07, 6.45) is 6.97. The molecule has 4 heteroatoms. The smallest absolute Gasteiger partial charge is 0.206 e. The Kier molecular flexibility index (Phi) is 4.24. The molecule has 1 aromatic carbocycles. The first kappa shape index (κ1) is 16.5. The van der Waals surface area contributed by atoms with Crippen molar-refractivity contribution in [3.63, 3.8) is 0 Å². The van der Waals surface area contributed by atoms with Gasteiger partial charge in [0.25, 0.3) is 0 Å². The van der Waals surface area contributed by atoms with Crippen molar-refractivity contribution < 1.29 is 0 Å². The van der Waals surface area contributed by atoms with Gasteiger partial charge in [-0.15, -0.1) is 11.3 Å². The number of hydrogen-bond donors (Lipinski definition) is 0. The maximum atomic E-state index is 4.87. The van der Waals surface area contributed by atoms with Crippen LogP contribution >= 0.6 is 11.3 Å². The van der Waals surface area contributed by atoms with Gasteiger partial charge in [0, 0.05) is 17.5 Å². The molecule has 0 N–H and O–H groups in total. The Morgan fingerprint density at radius 3 is 2.76 bits per heavy atom. The van der Waals surface area contributed by atoms with E-state index in [-0.39, 0.29) is 0 Å². The molecule has 0 saturated heterocycles. The molecular weight excluding hydrogens is 326 g/mol. The fraction of sp³-hybridized carbons (Fsp3) is 0.429. The van der Waals surface area contributed by atoms with Gasteiger partial charge in [-0.3, -0.25) is 4.99 Å². The van der Waals surface area contributed by atoms with Crippen molar-refractivity contribution in [3.8, 4) is 11.3 Å². The van der Waals surface area contributed by atoms with Crippen LogP contribution in [0.3, 0.4) is 0 Å². The first-order valence-corrected chi connectivity index (χ1v) is 10.00. The molecule has 5 rings (SSSR count). The van der Waals surface area contributed by atoms with Crippen LogP contribution in [0.4, 0.5) is 0 Å². The van der Waals surface area contributed by atoms with Gasteiger partial charge in [-0.25, -0.2) is 4.68 Å². The number of thiazole rings is 1. The number of rotatable bonds is 4. The number of benzene rings is 1. The summed E-state index contributed by atoms with van der Waals surface area (Å²) in [4.78, 5) is 5.58. The summed E-state index contributed by atoms with van der Waals surface area (Å²) in [6, 6.07) is 10.4. The van der Waals surface area contributed by atoms with E-state index in [9.17, 15) is 0 Å². The van der Waals surface area contributed by atoms with Crippen LogP contribution in [0.25, 0.3) is 11.3 Å². The lowest BCUT2D eigenvalue weighted by atomic mass is 9.49. The molecule has 3 nitrogen and oxygen atoms in total. The Balaban J connectivity index is 1.72. The van der Waals surface area contributed by atoms with Gasteiger partial charge in [0.1, 0.15) is 0 Å². The standard InChI is InChI=1S/C21H25N3S/c1-4-22-20-24(19(14-25-20)15-8-6-5-7-9-15)23-13-16-10-11-17-12-18(16)21(17,2)3/h5-10,13-14,17-18H,4,11-12H2,1-3H3. The number of hydrogen-bond acceptors (Lipinski definition) is 3. The minimum atomic E-state index is 0.425. The first-order valence-electron chi connectivity index (χ1n) is 9.12. The second-order valence-electron chi connectivity index (χ2n) is 7.55. The third-order valence-corrected chi connectivity index (χ3v) is 6.74. The normalized spacial score (nSPS) is 25.1. The summed E-state index contributed by atoms with van der Waals surface area (Å²) in [7, 11) is 0. The molecule has 2 aromatic rings. The highest BCUT2D eigenvalue weighted by Gasteiger charge is 2.50. The van der Waals surface area contributed by atoms with Crippen molar-refractivity contribution in [2.45, 2.75) is 33.6 Å². The Bertz CT molecular complexity index is 883. The Morgan fingerprint density at radius 1 is 1.28 bits per heavy atom. The zero-order chi connectivity index (χ0) is 17.4. The van der Waals surface area contributed by atoms with Gasteiger partial charge < -0.3 is 0 Å². The van der Waals surface area contributed by atoms with Crippen LogP contribution in [0.2, 0.25) is 0 Å². The third kappa shape index (κ3) is 2.82. The minimum Gasteiger partial charge on any atom is -0.258 e. The van der Waals surface area contributed by atoms with Gasteiger partial charge in [-0.1, -0.05) is 50.3 Å². The number of allylic oxidation sites excluding steroid dienone is 2. The van der Waals surface area contributed by atoms with E-state index in [0.29, 0.717) is 11.3 Å². The van der Waals surface area contributed by atoms with Gasteiger partial charge in [-0.2, -0.15) is 5.10 Å². The van der Waals surface area contributed by atoms with Crippen LogP contribution < -0.4 is 4.80 Å². The zero-order valence-electron chi connectivity index (χ0n) is 15.1. The van der Waals surface area contributed by atoms with Crippen molar-refractivity contribution in [2.75, 3.05) is 6.54 Å². The molecule has 1 saturated carbocycles. The summed E-state index contributed by atoms with van der Waals surface area (Å²) in [5.41, 5.74) is 4.10.